The van der Waals surface area contributed by atoms with Gasteiger partial charge in [-0.05, 0) is 0 Å². The zero-order valence-corrected chi connectivity index (χ0v) is 13.3. The Balaban J connectivity index is 2.66. The fraction of sp³-hybridized carbons (Fsp3) is 0.692. The molecule has 0 aromatic heterocycles. The Labute approximate surface area is 128 Å². The Morgan fingerprint density at radius 2 is 2.10 bits per heavy atom. The van der Waals surface area contributed by atoms with Crippen LogP contribution < -0.4 is 9.98 Å². The van der Waals surface area contributed by atoms with Crippen LogP contribution in [-0.2, 0) is 23.8 Å². The summed E-state index contributed by atoms with van der Waals surface area (Å²) in [6.45, 7) is 6.31. The zero-order valence-electron chi connectivity index (χ0n) is 12.5. The SMILES string of the molecule is C=[N+]=C(NC)SC1CC(OC(C)=O)CC(COC(C)=O)O1. The van der Waals surface area contributed by atoms with E-state index in [2.05, 4.69) is 16.7 Å². The fourth-order valence-corrected chi connectivity index (χ4v) is 2.92. The molecule has 0 saturated carbocycles. The second kappa shape index (κ2) is 8.71. The predicted molar refractivity (Wildman–Crippen MR) is 81.0 cm³/mol. The third-order valence-electron chi connectivity index (χ3n) is 2.73. The number of thioether (sulfide) groups is 1. The number of amidine groups is 1. The molecule has 3 atom stereocenters. The zero-order chi connectivity index (χ0) is 15.8. The second-order valence-corrected chi connectivity index (χ2v) is 5.67. The molecule has 1 rings (SSSR count). The van der Waals surface area contributed by atoms with E-state index in [0.29, 0.717) is 18.0 Å². The van der Waals surface area contributed by atoms with Crippen molar-refractivity contribution in [3.8, 4) is 0 Å². The molecule has 1 fully saturated rings. The van der Waals surface area contributed by atoms with Gasteiger partial charge in [0.05, 0.1) is 13.2 Å². The summed E-state index contributed by atoms with van der Waals surface area (Å²) in [5, 5.41) is 3.52. The van der Waals surface area contributed by atoms with Crippen LogP contribution in [0.5, 0.6) is 0 Å². The van der Waals surface area contributed by atoms with E-state index >= 15 is 0 Å². The Kier molecular flexibility index (Phi) is 7.28. The van der Waals surface area contributed by atoms with E-state index in [1.54, 1.807) is 7.05 Å². The topological polar surface area (TPSA) is 88.0 Å². The minimum Gasteiger partial charge on any atom is -0.463 e. The molecule has 1 aliphatic rings. The third kappa shape index (κ3) is 6.66. The van der Waals surface area contributed by atoms with E-state index in [9.17, 15) is 9.59 Å². The van der Waals surface area contributed by atoms with E-state index in [4.69, 9.17) is 14.2 Å². The van der Waals surface area contributed by atoms with Gasteiger partial charge in [-0.2, -0.15) is 0 Å². The van der Waals surface area contributed by atoms with Gasteiger partial charge in [-0.1, -0.05) is 0 Å². The van der Waals surface area contributed by atoms with Crippen molar-refractivity contribution in [2.45, 2.75) is 44.3 Å². The summed E-state index contributed by atoms with van der Waals surface area (Å²) in [6.07, 6.45) is 0.464. The molecule has 0 spiro atoms. The molecule has 1 heterocycles. The van der Waals surface area contributed by atoms with Crippen molar-refractivity contribution in [2.75, 3.05) is 13.7 Å². The predicted octanol–water partition coefficient (Wildman–Crippen LogP) is 0.0627. The van der Waals surface area contributed by atoms with E-state index in [1.165, 1.54) is 25.6 Å². The fourth-order valence-electron chi connectivity index (χ4n) is 1.95. The van der Waals surface area contributed by atoms with E-state index in [1.807, 2.05) is 0 Å². The van der Waals surface area contributed by atoms with Crippen LogP contribution in [0.3, 0.4) is 0 Å². The lowest BCUT2D eigenvalue weighted by Crippen LogP contribution is -2.40. The number of nitrogens with zero attached hydrogens (tertiary/aromatic N) is 1. The van der Waals surface area contributed by atoms with Gasteiger partial charge < -0.3 is 14.2 Å². The number of hydrogen-bond donors (Lipinski definition) is 1. The van der Waals surface area contributed by atoms with Crippen LogP contribution in [0.15, 0.2) is 0 Å². The average Bonchev–Trinajstić information content (AvgIpc) is 2.41. The van der Waals surface area contributed by atoms with Crippen LogP contribution in [0.4, 0.5) is 0 Å². The first-order valence-electron chi connectivity index (χ1n) is 6.58. The van der Waals surface area contributed by atoms with Crippen LogP contribution in [0.25, 0.3) is 0 Å². The Morgan fingerprint density at radius 1 is 1.38 bits per heavy atom. The van der Waals surface area contributed by atoms with Gasteiger partial charge in [0, 0.05) is 38.5 Å². The summed E-state index contributed by atoms with van der Waals surface area (Å²) in [4.78, 5) is 22.0. The molecule has 3 unspecified atom stereocenters. The normalized spacial score (nSPS) is 24.6. The van der Waals surface area contributed by atoms with E-state index < -0.39 is 0 Å². The molecule has 1 N–H and O–H groups in total. The molecular formula is C13H21N2O5S+. The molecule has 118 valence electrons. The number of carbonyl (C=O) groups is 2. The number of carbonyl (C=O) groups excluding carboxylic acids is 2. The maximum Gasteiger partial charge on any atom is 0.405 e. The minimum atomic E-state index is -0.368. The summed E-state index contributed by atoms with van der Waals surface area (Å²) in [5.41, 5.74) is -0.253. The lowest BCUT2D eigenvalue weighted by Gasteiger charge is -2.33. The van der Waals surface area contributed by atoms with Gasteiger partial charge in [0.2, 0.25) is 0 Å². The highest BCUT2D eigenvalue weighted by Crippen LogP contribution is 2.29. The summed E-state index contributed by atoms with van der Waals surface area (Å²) in [7, 11) is 1.74. The molecule has 0 radical (unpaired) electrons. The Bertz CT molecular complexity index is 436. The molecule has 1 saturated heterocycles. The second-order valence-electron chi connectivity index (χ2n) is 4.52. The van der Waals surface area contributed by atoms with Gasteiger partial charge in [0.1, 0.15) is 18.1 Å². The summed E-state index contributed by atoms with van der Waals surface area (Å²) in [5.74, 6) is -0.704. The monoisotopic (exact) mass is 317 g/mol. The Morgan fingerprint density at radius 3 is 2.62 bits per heavy atom. The molecule has 0 aromatic rings. The molecule has 0 amide bonds. The highest BCUT2D eigenvalue weighted by atomic mass is 32.2. The maximum atomic E-state index is 11.1. The van der Waals surface area contributed by atoms with E-state index in [-0.39, 0.29) is 36.2 Å². The molecule has 21 heavy (non-hydrogen) atoms. The Hall–Kier alpha value is -1.50. The quantitative estimate of drug-likeness (QED) is 0.339. The van der Waals surface area contributed by atoms with Crippen molar-refractivity contribution in [3.05, 3.63) is 0 Å². The van der Waals surface area contributed by atoms with Crippen LogP contribution in [0.1, 0.15) is 26.7 Å². The van der Waals surface area contributed by atoms with Crippen molar-refractivity contribution in [1.82, 2.24) is 9.98 Å². The van der Waals surface area contributed by atoms with Crippen LogP contribution in [0.2, 0.25) is 0 Å². The van der Waals surface area contributed by atoms with Crippen LogP contribution >= 0.6 is 11.8 Å². The molecule has 8 heteroatoms. The maximum absolute atomic E-state index is 11.1. The number of esters is 2. The van der Waals surface area contributed by atoms with Gasteiger partial charge in [-0.3, -0.25) is 14.9 Å². The summed E-state index contributed by atoms with van der Waals surface area (Å²) < 4.78 is 19.9. The molecule has 0 aliphatic carbocycles. The van der Waals surface area contributed by atoms with E-state index in [0.717, 1.165) is 0 Å². The molecule has 1 aliphatic heterocycles. The van der Waals surface area contributed by atoms with Gasteiger partial charge >= 0.3 is 17.1 Å². The van der Waals surface area contributed by atoms with Gasteiger partial charge in [0.15, 0.2) is 6.72 Å². The number of ether oxygens (including phenoxy) is 3. The van der Waals surface area contributed by atoms with Gasteiger partial charge in [-0.25, -0.2) is 4.67 Å². The number of rotatable bonds is 4. The summed E-state index contributed by atoms with van der Waals surface area (Å²) in [6, 6.07) is 0. The average molecular weight is 317 g/mol. The molecule has 0 aromatic carbocycles. The first-order chi connectivity index (χ1) is 9.94. The van der Waals surface area contributed by atoms with Crippen molar-refractivity contribution >= 4 is 35.6 Å². The lowest BCUT2D eigenvalue weighted by molar-refractivity contribution is -0.162. The smallest absolute Gasteiger partial charge is 0.405 e. The number of hydrogen-bond acceptors (Lipinski definition) is 6. The molecule has 0 bridgehead atoms. The molecular weight excluding hydrogens is 296 g/mol. The van der Waals surface area contributed by atoms with Crippen LogP contribution in [0, 0.1) is 0 Å². The van der Waals surface area contributed by atoms with Gasteiger partial charge in [0.25, 0.3) is 0 Å². The van der Waals surface area contributed by atoms with Crippen LogP contribution in [-0.4, -0.2) is 55.1 Å². The van der Waals surface area contributed by atoms with Crippen molar-refractivity contribution < 1.29 is 23.8 Å². The minimum absolute atomic E-state index is 0.139. The first kappa shape index (κ1) is 17.6. The highest BCUT2D eigenvalue weighted by Gasteiger charge is 2.34. The third-order valence-corrected chi connectivity index (χ3v) is 3.85. The number of nitrogens with one attached hydrogen (secondary N) is 1. The first-order valence-corrected chi connectivity index (χ1v) is 7.46. The highest BCUT2D eigenvalue weighted by molar-refractivity contribution is 8.14. The van der Waals surface area contributed by atoms with Crippen molar-refractivity contribution in [2.24, 2.45) is 0 Å². The largest absolute Gasteiger partial charge is 0.463 e. The summed E-state index contributed by atoms with van der Waals surface area (Å²) >= 11 is 1.36. The van der Waals surface area contributed by atoms with Crippen molar-refractivity contribution in [3.63, 3.8) is 0 Å². The van der Waals surface area contributed by atoms with Crippen molar-refractivity contribution in [1.29, 1.82) is 0 Å². The lowest BCUT2D eigenvalue weighted by atomic mass is 10.1. The van der Waals surface area contributed by atoms with Gasteiger partial charge in [-0.15, -0.1) is 0 Å². The standard InChI is InChI=1S/C13H20N2O5S/c1-8(16)18-7-11-5-10(19-9(2)17)6-12(20-11)21-13(14-3)15-4/h10-12H,3,5-7H2,1-2,4H3/p+1. The molecule has 7 nitrogen and oxygen atoms in total.